The van der Waals surface area contributed by atoms with Crippen molar-refractivity contribution in [3.05, 3.63) is 23.8 Å². The molecule has 0 spiro atoms. The third-order valence-corrected chi connectivity index (χ3v) is 4.61. The number of piperidine rings is 1. The smallest absolute Gasteiger partial charge is 0.317 e. The lowest BCUT2D eigenvalue weighted by molar-refractivity contribution is -0.143. The number of carboxylic acids is 1. The van der Waals surface area contributed by atoms with Crippen molar-refractivity contribution in [2.24, 2.45) is 5.92 Å². The molecule has 7 nitrogen and oxygen atoms in total. The Kier molecular flexibility index (Phi) is 4.78. The van der Waals surface area contributed by atoms with Gasteiger partial charge in [0.25, 0.3) is 0 Å². The molecule has 2 amide bonds. The molecule has 0 aromatic heterocycles. The zero-order chi connectivity index (χ0) is 17.1. The summed E-state index contributed by atoms with van der Waals surface area (Å²) >= 11 is 0. The van der Waals surface area contributed by atoms with Crippen LogP contribution in [0.1, 0.15) is 30.9 Å². The van der Waals surface area contributed by atoms with Crippen LogP contribution in [0.25, 0.3) is 0 Å². The van der Waals surface area contributed by atoms with Gasteiger partial charge in [-0.05, 0) is 31.0 Å². The third-order valence-electron chi connectivity index (χ3n) is 4.61. The number of benzene rings is 1. The number of fused-ring (bicyclic) bond motifs is 1. The Morgan fingerprint density at radius 2 is 2.21 bits per heavy atom. The molecule has 0 radical (unpaired) electrons. The molecular formula is C17H22N2O5. The zero-order valence-corrected chi connectivity index (χ0v) is 13.7. The molecule has 2 aliphatic heterocycles. The van der Waals surface area contributed by atoms with E-state index in [1.807, 2.05) is 18.2 Å². The van der Waals surface area contributed by atoms with E-state index in [9.17, 15) is 9.59 Å². The number of amides is 2. The number of hydrogen-bond donors (Lipinski definition) is 2. The van der Waals surface area contributed by atoms with Crippen LogP contribution < -0.4 is 14.8 Å². The van der Waals surface area contributed by atoms with Crippen LogP contribution in [-0.2, 0) is 4.79 Å². The zero-order valence-electron chi connectivity index (χ0n) is 13.7. The van der Waals surface area contributed by atoms with E-state index in [1.165, 1.54) is 0 Å². The van der Waals surface area contributed by atoms with E-state index in [1.54, 1.807) is 12.0 Å². The van der Waals surface area contributed by atoms with Gasteiger partial charge in [0.05, 0.1) is 25.7 Å². The Balaban J connectivity index is 1.70. The van der Waals surface area contributed by atoms with Crippen molar-refractivity contribution in [1.29, 1.82) is 0 Å². The highest BCUT2D eigenvalue weighted by atomic mass is 16.5. The van der Waals surface area contributed by atoms with Gasteiger partial charge in [0.15, 0.2) is 0 Å². The summed E-state index contributed by atoms with van der Waals surface area (Å²) in [4.78, 5) is 25.3. The normalized spacial score (nSPS) is 23.0. The summed E-state index contributed by atoms with van der Waals surface area (Å²) in [7, 11) is 1.60. The maximum atomic E-state index is 12.5. The Bertz CT molecular complexity index is 633. The average molecular weight is 334 g/mol. The number of nitrogens with one attached hydrogen (secondary N) is 1. The molecular weight excluding hydrogens is 312 g/mol. The second-order valence-electron chi connectivity index (χ2n) is 6.17. The predicted octanol–water partition coefficient (Wildman–Crippen LogP) is 2.03. The van der Waals surface area contributed by atoms with Crippen LogP contribution in [0.3, 0.4) is 0 Å². The lowest BCUT2D eigenvalue weighted by Gasteiger charge is -2.33. The molecule has 24 heavy (non-hydrogen) atoms. The van der Waals surface area contributed by atoms with Crippen molar-refractivity contribution in [3.63, 3.8) is 0 Å². The molecule has 2 N–H and O–H groups in total. The molecule has 2 atom stereocenters. The number of urea groups is 1. The molecule has 1 unspecified atom stereocenters. The minimum atomic E-state index is -0.839. The first-order valence-electron chi connectivity index (χ1n) is 8.17. The van der Waals surface area contributed by atoms with Gasteiger partial charge in [-0.15, -0.1) is 0 Å². The fraction of sp³-hybridized carbons (Fsp3) is 0.529. The molecule has 7 heteroatoms. The number of methoxy groups -OCH3 is 1. The Morgan fingerprint density at radius 3 is 2.96 bits per heavy atom. The second-order valence-corrected chi connectivity index (χ2v) is 6.17. The highest BCUT2D eigenvalue weighted by Gasteiger charge is 2.30. The van der Waals surface area contributed by atoms with Gasteiger partial charge >= 0.3 is 12.0 Å². The van der Waals surface area contributed by atoms with Gasteiger partial charge in [-0.2, -0.15) is 0 Å². The van der Waals surface area contributed by atoms with Crippen LogP contribution in [0, 0.1) is 5.92 Å². The Hall–Kier alpha value is -2.44. The molecule has 0 bridgehead atoms. The number of nitrogens with zero attached hydrogens (tertiary/aromatic N) is 1. The summed E-state index contributed by atoms with van der Waals surface area (Å²) in [5.74, 6) is 0.136. The van der Waals surface area contributed by atoms with Crippen LogP contribution in [-0.4, -0.2) is 48.8 Å². The van der Waals surface area contributed by atoms with Gasteiger partial charge in [-0.25, -0.2) is 4.79 Å². The fourth-order valence-electron chi connectivity index (χ4n) is 3.25. The topological polar surface area (TPSA) is 88.1 Å². The first kappa shape index (κ1) is 16.4. The largest absolute Gasteiger partial charge is 0.497 e. The van der Waals surface area contributed by atoms with Gasteiger partial charge in [0, 0.05) is 25.1 Å². The third kappa shape index (κ3) is 3.39. The summed E-state index contributed by atoms with van der Waals surface area (Å²) in [5, 5.41) is 12.2. The SMILES string of the molecule is COc1ccc2c(c1)[C@@H](NC(=O)N1CCCC(C(=O)O)C1)CCO2. The number of carbonyl (C=O) groups is 2. The van der Waals surface area contributed by atoms with E-state index in [0.717, 1.165) is 11.3 Å². The standard InChI is InChI=1S/C17H22N2O5/c1-23-12-4-5-15-13(9-12)14(6-8-24-15)18-17(22)19-7-2-3-11(10-19)16(20)21/h4-5,9,11,14H,2-3,6-8,10H2,1H3,(H,18,22)(H,20,21)/t11?,14-/m0/s1. The monoisotopic (exact) mass is 334 g/mol. The molecule has 1 saturated heterocycles. The van der Waals surface area contributed by atoms with Crippen molar-refractivity contribution in [3.8, 4) is 11.5 Å². The van der Waals surface area contributed by atoms with E-state index in [2.05, 4.69) is 5.32 Å². The van der Waals surface area contributed by atoms with Gasteiger partial charge < -0.3 is 24.8 Å². The van der Waals surface area contributed by atoms with Crippen LogP contribution in [0.4, 0.5) is 4.79 Å². The van der Waals surface area contributed by atoms with E-state index < -0.39 is 11.9 Å². The minimum Gasteiger partial charge on any atom is -0.497 e. The number of ether oxygens (including phenoxy) is 2. The quantitative estimate of drug-likeness (QED) is 0.883. The summed E-state index contributed by atoms with van der Waals surface area (Å²) in [6, 6.07) is 5.15. The van der Waals surface area contributed by atoms with Gasteiger partial charge in [-0.3, -0.25) is 4.79 Å². The van der Waals surface area contributed by atoms with Crippen molar-refractivity contribution in [2.45, 2.75) is 25.3 Å². The first-order chi connectivity index (χ1) is 11.6. The fourth-order valence-corrected chi connectivity index (χ4v) is 3.25. The second kappa shape index (κ2) is 6.98. The highest BCUT2D eigenvalue weighted by Crippen LogP contribution is 2.35. The van der Waals surface area contributed by atoms with E-state index >= 15 is 0 Å². The maximum absolute atomic E-state index is 12.5. The summed E-state index contributed by atoms with van der Waals surface area (Å²) in [5.41, 5.74) is 0.890. The molecule has 0 aliphatic carbocycles. The number of rotatable bonds is 3. The number of carbonyl (C=O) groups excluding carboxylic acids is 1. The molecule has 1 fully saturated rings. The number of carboxylic acid groups (broad SMARTS) is 1. The van der Waals surface area contributed by atoms with Crippen LogP contribution in [0.5, 0.6) is 11.5 Å². The van der Waals surface area contributed by atoms with Crippen molar-refractivity contribution < 1.29 is 24.2 Å². The highest BCUT2D eigenvalue weighted by molar-refractivity contribution is 5.77. The molecule has 0 saturated carbocycles. The number of likely N-dealkylation sites (tertiary alicyclic amines) is 1. The number of aliphatic carboxylic acids is 1. The molecule has 2 heterocycles. The van der Waals surface area contributed by atoms with Crippen molar-refractivity contribution in [2.75, 3.05) is 26.8 Å². The van der Waals surface area contributed by atoms with E-state index in [0.29, 0.717) is 38.2 Å². The van der Waals surface area contributed by atoms with Crippen LogP contribution in [0.15, 0.2) is 18.2 Å². The minimum absolute atomic E-state index is 0.165. The van der Waals surface area contributed by atoms with E-state index in [-0.39, 0.29) is 18.6 Å². The average Bonchev–Trinajstić information content (AvgIpc) is 2.61. The molecule has 3 rings (SSSR count). The predicted molar refractivity (Wildman–Crippen MR) is 86.3 cm³/mol. The first-order valence-corrected chi connectivity index (χ1v) is 8.17. The van der Waals surface area contributed by atoms with Crippen LogP contribution in [0.2, 0.25) is 0 Å². The molecule has 1 aromatic carbocycles. The maximum Gasteiger partial charge on any atom is 0.317 e. The molecule has 2 aliphatic rings. The molecule has 130 valence electrons. The van der Waals surface area contributed by atoms with Gasteiger partial charge in [0.1, 0.15) is 11.5 Å². The number of hydrogen-bond acceptors (Lipinski definition) is 4. The summed E-state index contributed by atoms with van der Waals surface area (Å²) in [6.45, 7) is 1.38. The van der Waals surface area contributed by atoms with Crippen LogP contribution >= 0.6 is 0 Å². The van der Waals surface area contributed by atoms with Crippen molar-refractivity contribution >= 4 is 12.0 Å². The Morgan fingerprint density at radius 1 is 1.38 bits per heavy atom. The van der Waals surface area contributed by atoms with Crippen molar-refractivity contribution in [1.82, 2.24) is 10.2 Å². The van der Waals surface area contributed by atoms with E-state index in [4.69, 9.17) is 14.6 Å². The summed E-state index contributed by atoms with van der Waals surface area (Å²) in [6.07, 6.45) is 2.00. The lowest BCUT2D eigenvalue weighted by atomic mass is 9.98. The lowest BCUT2D eigenvalue weighted by Crippen LogP contribution is -2.48. The van der Waals surface area contributed by atoms with Gasteiger partial charge in [0.2, 0.25) is 0 Å². The summed E-state index contributed by atoms with van der Waals surface area (Å²) < 4.78 is 10.9. The van der Waals surface area contributed by atoms with Gasteiger partial charge in [-0.1, -0.05) is 0 Å². The Labute approximate surface area is 140 Å². The molecule has 1 aromatic rings.